The molecule has 0 saturated heterocycles. The number of para-hydroxylation sites is 1. The molecule has 1 aliphatic heterocycles. The number of amides is 1. The predicted octanol–water partition coefficient (Wildman–Crippen LogP) is 5.33. The Balaban J connectivity index is 1.41. The average molecular weight is 485 g/mol. The number of aromatic nitrogens is 3. The van der Waals surface area contributed by atoms with Gasteiger partial charge in [-0.05, 0) is 61.7 Å². The smallest absolute Gasteiger partial charge is 0.237 e. The maximum Gasteiger partial charge on any atom is 0.237 e. The Labute approximate surface area is 210 Å². The largest absolute Gasteiger partial charge is 0.494 e. The van der Waals surface area contributed by atoms with Crippen molar-refractivity contribution in [3.8, 4) is 11.4 Å². The van der Waals surface area contributed by atoms with Crippen molar-refractivity contribution in [2.75, 3.05) is 17.3 Å². The summed E-state index contributed by atoms with van der Waals surface area (Å²) in [4.78, 5) is 15.2. The van der Waals surface area contributed by atoms with Crippen molar-refractivity contribution in [3.05, 3.63) is 95.8 Å². The van der Waals surface area contributed by atoms with Gasteiger partial charge in [-0.2, -0.15) is 0 Å². The molecule has 35 heavy (non-hydrogen) atoms. The molecular formula is C28H28N4O2S. The van der Waals surface area contributed by atoms with Crippen LogP contribution >= 0.6 is 11.8 Å². The van der Waals surface area contributed by atoms with Gasteiger partial charge < -0.3 is 9.64 Å². The molecule has 0 fully saturated rings. The number of nitrogens with zero attached hydrogens (tertiary/aromatic N) is 4. The third kappa shape index (κ3) is 4.95. The highest BCUT2D eigenvalue weighted by Gasteiger charge is 2.30. The van der Waals surface area contributed by atoms with Crippen molar-refractivity contribution in [2.45, 2.75) is 37.9 Å². The van der Waals surface area contributed by atoms with Gasteiger partial charge in [0.1, 0.15) is 11.6 Å². The van der Waals surface area contributed by atoms with Gasteiger partial charge in [-0.1, -0.05) is 60.3 Å². The fourth-order valence-electron chi connectivity index (χ4n) is 4.55. The second-order valence-electron chi connectivity index (χ2n) is 8.56. The van der Waals surface area contributed by atoms with Crippen LogP contribution in [0.2, 0.25) is 0 Å². The molecule has 0 N–H and O–H groups in total. The number of hydrogen-bond donors (Lipinski definition) is 0. The van der Waals surface area contributed by atoms with Crippen LogP contribution in [0, 0.1) is 0 Å². The summed E-state index contributed by atoms with van der Waals surface area (Å²) in [6.45, 7) is 4.69. The molecule has 0 spiro atoms. The van der Waals surface area contributed by atoms with Gasteiger partial charge in [-0.25, -0.2) is 0 Å². The standard InChI is InChI=1S/C28H28N4O2S/c1-3-34-24-15-13-23(14-16-24)32-26(18-21-9-5-4-6-10-21)29-30-28(32)35-19-27(33)31-20(2)17-22-11-7-8-12-25(22)31/h4-16,20H,3,17-19H2,1-2H3/t20-/m1/s1. The quantitative estimate of drug-likeness (QED) is 0.317. The lowest BCUT2D eigenvalue weighted by Gasteiger charge is -2.22. The highest BCUT2D eigenvalue weighted by Crippen LogP contribution is 2.33. The predicted molar refractivity (Wildman–Crippen MR) is 140 cm³/mol. The normalized spacial score (nSPS) is 14.7. The summed E-state index contributed by atoms with van der Waals surface area (Å²) in [5, 5.41) is 9.69. The van der Waals surface area contributed by atoms with E-state index >= 15 is 0 Å². The van der Waals surface area contributed by atoms with Crippen molar-refractivity contribution in [1.82, 2.24) is 14.8 Å². The van der Waals surface area contributed by atoms with E-state index in [1.54, 1.807) is 0 Å². The molecule has 0 bridgehead atoms. The lowest BCUT2D eigenvalue weighted by molar-refractivity contribution is -0.116. The Bertz CT molecular complexity index is 1300. The highest BCUT2D eigenvalue weighted by atomic mass is 32.2. The van der Waals surface area contributed by atoms with Crippen LogP contribution in [0.4, 0.5) is 5.69 Å². The van der Waals surface area contributed by atoms with Gasteiger partial charge >= 0.3 is 0 Å². The van der Waals surface area contributed by atoms with Gasteiger partial charge in [0, 0.05) is 23.8 Å². The fourth-order valence-corrected chi connectivity index (χ4v) is 5.38. The second kappa shape index (κ2) is 10.4. The Morgan fingerprint density at radius 3 is 2.51 bits per heavy atom. The van der Waals surface area contributed by atoms with Crippen molar-refractivity contribution in [2.24, 2.45) is 0 Å². The van der Waals surface area contributed by atoms with Crippen molar-refractivity contribution < 1.29 is 9.53 Å². The minimum atomic E-state index is 0.0818. The number of ether oxygens (including phenoxy) is 1. The van der Waals surface area contributed by atoms with E-state index in [2.05, 4.69) is 35.3 Å². The first-order chi connectivity index (χ1) is 17.1. The van der Waals surface area contributed by atoms with Crippen LogP contribution in [-0.2, 0) is 17.6 Å². The van der Waals surface area contributed by atoms with E-state index in [1.807, 2.05) is 77.1 Å². The first-order valence-electron chi connectivity index (χ1n) is 11.9. The highest BCUT2D eigenvalue weighted by molar-refractivity contribution is 7.99. The molecule has 5 rings (SSSR count). The molecule has 0 radical (unpaired) electrons. The van der Waals surface area contributed by atoms with Gasteiger partial charge in [-0.3, -0.25) is 9.36 Å². The Kier molecular flexibility index (Phi) is 6.86. The molecule has 6 nitrogen and oxygen atoms in total. The molecule has 3 aromatic carbocycles. The summed E-state index contributed by atoms with van der Waals surface area (Å²) < 4.78 is 7.66. The van der Waals surface area contributed by atoms with Crippen LogP contribution in [0.3, 0.4) is 0 Å². The molecule has 0 saturated carbocycles. The zero-order valence-electron chi connectivity index (χ0n) is 19.9. The van der Waals surface area contributed by atoms with Crippen LogP contribution in [0.5, 0.6) is 5.75 Å². The monoisotopic (exact) mass is 484 g/mol. The van der Waals surface area contributed by atoms with Gasteiger partial charge in [0.15, 0.2) is 5.16 Å². The number of rotatable bonds is 8. The molecule has 0 aliphatic carbocycles. The van der Waals surface area contributed by atoms with Crippen molar-refractivity contribution >= 4 is 23.4 Å². The number of benzene rings is 3. The fraction of sp³-hybridized carbons (Fsp3) is 0.250. The molecule has 0 unspecified atom stereocenters. The van der Waals surface area contributed by atoms with Crippen LogP contribution in [0.25, 0.3) is 5.69 Å². The Morgan fingerprint density at radius 2 is 1.74 bits per heavy atom. The maximum absolute atomic E-state index is 13.3. The lowest BCUT2D eigenvalue weighted by Crippen LogP contribution is -2.37. The summed E-state index contributed by atoms with van der Waals surface area (Å²) in [5.74, 6) is 2.02. The zero-order valence-corrected chi connectivity index (χ0v) is 20.7. The van der Waals surface area contributed by atoms with Crippen molar-refractivity contribution in [1.29, 1.82) is 0 Å². The van der Waals surface area contributed by atoms with Gasteiger partial charge in [0.2, 0.25) is 5.91 Å². The van der Waals surface area contributed by atoms with Crippen LogP contribution in [-0.4, -0.2) is 39.1 Å². The number of carbonyl (C=O) groups excluding carboxylic acids is 1. The molecule has 1 atom stereocenters. The minimum Gasteiger partial charge on any atom is -0.494 e. The molecular weight excluding hydrogens is 456 g/mol. The summed E-state index contributed by atoms with van der Waals surface area (Å²) in [6, 6.07) is 26.4. The van der Waals surface area contributed by atoms with Gasteiger partial charge in [0.05, 0.1) is 12.4 Å². The third-order valence-corrected chi connectivity index (χ3v) is 7.03. The van der Waals surface area contributed by atoms with Crippen molar-refractivity contribution in [3.63, 3.8) is 0 Å². The van der Waals surface area contributed by atoms with E-state index in [9.17, 15) is 4.79 Å². The van der Waals surface area contributed by atoms with Crippen LogP contribution < -0.4 is 9.64 Å². The van der Waals surface area contributed by atoms with E-state index in [0.29, 0.717) is 23.9 Å². The first-order valence-corrected chi connectivity index (χ1v) is 12.9. The maximum atomic E-state index is 13.3. The number of carbonyl (C=O) groups is 1. The van der Waals surface area contributed by atoms with Crippen LogP contribution in [0.15, 0.2) is 84.0 Å². The molecule has 4 aromatic rings. The zero-order chi connectivity index (χ0) is 24.2. The summed E-state index contributed by atoms with van der Waals surface area (Å²) in [7, 11) is 0. The third-order valence-electron chi connectivity index (χ3n) is 6.11. The first kappa shape index (κ1) is 23.2. The number of thioether (sulfide) groups is 1. The molecule has 1 amide bonds. The summed E-state index contributed by atoms with van der Waals surface area (Å²) in [6.07, 6.45) is 1.53. The van der Waals surface area contributed by atoms with E-state index in [-0.39, 0.29) is 11.9 Å². The Hall–Kier alpha value is -3.58. The van der Waals surface area contributed by atoms with Gasteiger partial charge in [-0.15, -0.1) is 10.2 Å². The van der Waals surface area contributed by atoms with E-state index in [0.717, 1.165) is 34.9 Å². The Morgan fingerprint density at radius 1 is 1.00 bits per heavy atom. The molecule has 1 aliphatic rings. The topological polar surface area (TPSA) is 60.2 Å². The van der Waals surface area contributed by atoms with E-state index < -0.39 is 0 Å². The average Bonchev–Trinajstić information content (AvgIpc) is 3.43. The molecule has 2 heterocycles. The number of fused-ring (bicyclic) bond motifs is 1. The van der Waals surface area contributed by atoms with Gasteiger partial charge in [0.25, 0.3) is 0 Å². The summed E-state index contributed by atoms with van der Waals surface area (Å²) in [5.41, 5.74) is 4.34. The number of hydrogen-bond acceptors (Lipinski definition) is 5. The molecule has 7 heteroatoms. The van der Waals surface area contributed by atoms with Crippen LogP contribution in [0.1, 0.15) is 30.8 Å². The number of anilines is 1. The minimum absolute atomic E-state index is 0.0818. The summed E-state index contributed by atoms with van der Waals surface area (Å²) >= 11 is 1.43. The molecule has 178 valence electrons. The second-order valence-corrected chi connectivity index (χ2v) is 9.50. The SMILES string of the molecule is CCOc1ccc(-n2c(Cc3ccccc3)nnc2SCC(=O)N2c3ccccc3C[C@H]2C)cc1. The van der Waals surface area contributed by atoms with E-state index in [4.69, 9.17) is 4.74 Å². The van der Waals surface area contributed by atoms with E-state index in [1.165, 1.54) is 17.3 Å². The molecule has 1 aromatic heterocycles. The lowest BCUT2D eigenvalue weighted by atomic mass is 10.1.